The first-order valence-corrected chi connectivity index (χ1v) is 16.3. The molecule has 2 amide bonds. The number of rotatable bonds is 5. The van der Waals surface area contributed by atoms with Crippen molar-refractivity contribution < 1.29 is 45.0 Å². The zero-order chi connectivity index (χ0) is 33.9. The van der Waals surface area contributed by atoms with Gasteiger partial charge in [-0.1, -0.05) is 18.2 Å². The predicted octanol–water partition coefficient (Wildman–Crippen LogP) is 3.33. The average Bonchev–Trinajstić information content (AvgIpc) is 3.82. The van der Waals surface area contributed by atoms with Gasteiger partial charge in [0.2, 0.25) is 0 Å². The van der Waals surface area contributed by atoms with Crippen molar-refractivity contribution >= 4 is 76.8 Å². The molecule has 13 nitrogen and oxygen atoms in total. The molecule has 5 heterocycles. The number of ether oxygens (including phenoxy) is 1. The van der Waals surface area contributed by atoms with Gasteiger partial charge in [-0.2, -0.15) is 0 Å². The molecule has 1 fully saturated rings. The number of aliphatic hydroxyl groups is 4. The number of phenols is 2. The maximum atomic E-state index is 14.5. The first-order chi connectivity index (χ1) is 23.7. The third-order valence-electron chi connectivity index (χ3n) is 9.60. The number of aromatic hydroxyl groups is 2. The standard InChI is InChI=1S/C35H28N4O9S/c40-13-22-30(43)31(44)32(45)35(48-22)38-21-11-16(42)6-8-19(21)25-27-26(24-18-7-5-15(41)10-20(18)37-28(24)29(25)38)33(46)39(34(27)47)36-12-17-9-14-3-1-2-4-23(14)49-17/h1-11,22,30-32,35-37,40-45H,12-13H2/t22-,30-,31+,32-,35-/m1/s1. The molecule has 248 valence electrons. The fourth-order valence-electron chi connectivity index (χ4n) is 7.40. The van der Waals surface area contributed by atoms with E-state index in [9.17, 15) is 40.2 Å². The lowest BCUT2D eigenvalue weighted by molar-refractivity contribution is -0.249. The number of aromatic nitrogens is 2. The van der Waals surface area contributed by atoms with Gasteiger partial charge in [-0.25, -0.2) is 10.4 Å². The number of hydrazine groups is 1. The highest BCUT2D eigenvalue weighted by Crippen LogP contribution is 2.48. The summed E-state index contributed by atoms with van der Waals surface area (Å²) >= 11 is 1.54. The van der Waals surface area contributed by atoms with Crippen molar-refractivity contribution in [2.45, 2.75) is 37.2 Å². The lowest BCUT2D eigenvalue weighted by Gasteiger charge is -2.41. The molecular weight excluding hydrogens is 652 g/mol. The van der Waals surface area contributed by atoms with Crippen molar-refractivity contribution in [3.8, 4) is 11.5 Å². The summed E-state index contributed by atoms with van der Waals surface area (Å²) in [6.45, 7) is -0.479. The topological polar surface area (TPSA) is 201 Å². The van der Waals surface area contributed by atoms with Crippen LogP contribution in [-0.2, 0) is 11.3 Å². The molecule has 5 atom stereocenters. The van der Waals surface area contributed by atoms with E-state index in [0.717, 1.165) is 20.0 Å². The van der Waals surface area contributed by atoms with Gasteiger partial charge in [0.25, 0.3) is 11.8 Å². The van der Waals surface area contributed by atoms with Crippen molar-refractivity contribution in [2.75, 3.05) is 6.61 Å². The molecule has 2 aliphatic heterocycles. The third-order valence-corrected chi connectivity index (χ3v) is 10.7. The maximum absolute atomic E-state index is 14.5. The smallest absolute Gasteiger partial charge is 0.276 e. The summed E-state index contributed by atoms with van der Waals surface area (Å²) in [7, 11) is 0. The van der Waals surface area contributed by atoms with Crippen molar-refractivity contribution in [3.63, 3.8) is 0 Å². The minimum atomic E-state index is -1.72. The molecule has 0 saturated carbocycles. The molecule has 7 aromatic rings. The number of carbonyl (C=O) groups is 2. The number of imide groups is 1. The van der Waals surface area contributed by atoms with Crippen molar-refractivity contribution in [2.24, 2.45) is 0 Å². The molecule has 3 aromatic heterocycles. The number of carbonyl (C=O) groups excluding carboxylic acids is 2. The van der Waals surface area contributed by atoms with Crippen LogP contribution in [0.5, 0.6) is 11.5 Å². The van der Waals surface area contributed by atoms with Crippen LogP contribution in [0, 0.1) is 0 Å². The van der Waals surface area contributed by atoms with Gasteiger partial charge in [-0.15, -0.1) is 11.3 Å². The molecule has 2 aliphatic rings. The maximum Gasteiger partial charge on any atom is 0.276 e. The molecule has 8 N–H and O–H groups in total. The Labute approximate surface area is 279 Å². The lowest BCUT2D eigenvalue weighted by atomic mass is 9.96. The van der Waals surface area contributed by atoms with Crippen LogP contribution in [0.4, 0.5) is 0 Å². The summed E-state index contributed by atoms with van der Waals surface area (Å²) in [5, 5.41) is 67.3. The van der Waals surface area contributed by atoms with E-state index in [1.807, 2.05) is 30.3 Å². The Morgan fingerprint density at radius 3 is 2.31 bits per heavy atom. The number of amides is 2. The van der Waals surface area contributed by atoms with E-state index in [1.165, 1.54) is 28.8 Å². The summed E-state index contributed by atoms with van der Waals surface area (Å²) in [5.41, 5.74) is 4.62. The van der Waals surface area contributed by atoms with E-state index in [0.29, 0.717) is 38.1 Å². The Hall–Kier alpha value is -5.06. The Balaban J connectivity index is 1.32. The highest BCUT2D eigenvalue weighted by molar-refractivity contribution is 7.19. The number of fused-ring (bicyclic) bond motifs is 11. The minimum Gasteiger partial charge on any atom is -0.508 e. The highest BCUT2D eigenvalue weighted by atomic mass is 32.1. The fraction of sp³-hybridized carbons (Fsp3) is 0.200. The summed E-state index contributed by atoms with van der Waals surface area (Å²) in [6, 6.07) is 18.9. The number of H-pyrrole nitrogens is 1. The second kappa shape index (κ2) is 10.7. The van der Waals surface area contributed by atoms with Gasteiger partial charge in [0, 0.05) is 43.3 Å². The molecule has 49 heavy (non-hydrogen) atoms. The van der Waals surface area contributed by atoms with Gasteiger partial charge in [-0.05, 0) is 41.8 Å². The average molecular weight is 681 g/mol. The third kappa shape index (κ3) is 4.20. The van der Waals surface area contributed by atoms with Crippen LogP contribution in [0.1, 0.15) is 31.8 Å². The van der Waals surface area contributed by atoms with Gasteiger partial charge in [0.05, 0.1) is 46.3 Å². The molecule has 9 rings (SSSR count). The quantitative estimate of drug-likeness (QED) is 0.125. The number of nitrogens with one attached hydrogen (secondary N) is 2. The Bertz CT molecular complexity index is 2500. The number of benzene rings is 4. The second-order valence-electron chi connectivity index (χ2n) is 12.4. The Morgan fingerprint density at radius 1 is 0.837 bits per heavy atom. The summed E-state index contributed by atoms with van der Waals surface area (Å²) < 4.78 is 8.58. The SMILES string of the molecule is O=C1c2c(c3c4ccc(O)cc4n([C@@H]4O[C@H](CO)[C@@H](O)[C@H](O)[C@H]4O)c3c3[nH]c4cc(O)ccc4c23)C(=O)N1NCc1cc2ccccc2s1. The second-order valence-corrected chi connectivity index (χ2v) is 13.6. The number of hydrogen-bond donors (Lipinski definition) is 8. The van der Waals surface area contributed by atoms with E-state index in [4.69, 9.17) is 4.74 Å². The van der Waals surface area contributed by atoms with Crippen molar-refractivity contribution in [1.82, 2.24) is 20.0 Å². The number of nitrogens with zero attached hydrogens (tertiary/aromatic N) is 2. The van der Waals surface area contributed by atoms with Crippen LogP contribution in [-0.4, -0.2) is 88.0 Å². The zero-order valence-corrected chi connectivity index (χ0v) is 26.2. The van der Waals surface area contributed by atoms with Crippen molar-refractivity contribution in [1.29, 1.82) is 0 Å². The summed E-state index contributed by atoms with van der Waals surface area (Å²) in [6.07, 6.45) is -7.74. The van der Waals surface area contributed by atoms with Crippen LogP contribution in [0.3, 0.4) is 0 Å². The van der Waals surface area contributed by atoms with Crippen LogP contribution in [0.2, 0.25) is 0 Å². The van der Waals surface area contributed by atoms with Crippen LogP contribution < -0.4 is 5.43 Å². The Kier molecular flexibility index (Phi) is 6.57. The van der Waals surface area contributed by atoms with Crippen LogP contribution in [0.15, 0.2) is 66.7 Å². The number of aromatic amines is 1. The van der Waals surface area contributed by atoms with Crippen molar-refractivity contribution in [3.05, 3.63) is 82.7 Å². The molecule has 0 aliphatic carbocycles. The molecule has 0 unspecified atom stereocenters. The predicted molar refractivity (Wildman–Crippen MR) is 180 cm³/mol. The monoisotopic (exact) mass is 680 g/mol. The molecule has 1 saturated heterocycles. The highest BCUT2D eigenvalue weighted by Gasteiger charge is 2.47. The molecule has 0 radical (unpaired) electrons. The number of hydrogen-bond acceptors (Lipinski definition) is 11. The lowest BCUT2D eigenvalue weighted by Crippen LogP contribution is -2.56. The van der Waals surface area contributed by atoms with Gasteiger partial charge in [0.15, 0.2) is 6.23 Å². The first kappa shape index (κ1) is 30.0. The minimum absolute atomic E-state index is 0.0413. The Morgan fingerprint density at radius 2 is 1.55 bits per heavy atom. The molecule has 4 aromatic carbocycles. The zero-order valence-electron chi connectivity index (χ0n) is 25.4. The van der Waals surface area contributed by atoms with Gasteiger partial charge >= 0.3 is 0 Å². The summed E-state index contributed by atoms with van der Waals surface area (Å²) in [5.74, 6) is -1.40. The van der Waals surface area contributed by atoms with Gasteiger partial charge in [0.1, 0.15) is 35.9 Å². The van der Waals surface area contributed by atoms with Crippen LogP contribution in [0.25, 0.3) is 53.7 Å². The first-order valence-electron chi connectivity index (χ1n) is 15.5. The van der Waals surface area contributed by atoms with E-state index in [2.05, 4.69) is 10.4 Å². The largest absolute Gasteiger partial charge is 0.508 e. The number of thiophene rings is 1. The molecule has 0 spiro atoms. The normalized spacial score (nSPS) is 22.9. The van der Waals surface area contributed by atoms with Gasteiger partial charge < -0.3 is 44.9 Å². The van der Waals surface area contributed by atoms with E-state index in [-0.39, 0.29) is 34.7 Å². The fourth-order valence-corrected chi connectivity index (χ4v) is 8.39. The molecule has 0 bridgehead atoms. The van der Waals surface area contributed by atoms with E-state index in [1.54, 1.807) is 23.5 Å². The van der Waals surface area contributed by atoms with Gasteiger partial charge in [-0.3, -0.25) is 9.59 Å². The van der Waals surface area contributed by atoms with Crippen LogP contribution >= 0.6 is 11.3 Å². The van der Waals surface area contributed by atoms with E-state index >= 15 is 0 Å². The molecular formula is C35H28N4O9S. The number of phenolic OH excluding ortho intramolecular Hbond substituents is 2. The molecule has 14 heteroatoms. The number of aliphatic hydroxyl groups excluding tert-OH is 4. The van der Waals surface area contributed by atoms with E-state index < -0.39 is 49.1 Å². The summed E-state index contributed by atoms with van der Waals surface area (Å²) in [4.78, 5) is 33.0.